The quantitative estimate of drug-likeness (QED) is 0.657. The molecule has 0 spiro atoms. The van der Waals surface area contributed by atoms with E-state index in [0.717, 1.165) is 15.5 Å². The van der Waals surface area contributed by atoms with Gasteiger partial charge in [-0.1, -0.05) is 59.7 Å². The van der Waals surface area contributed by atoms with Gasteiger partial charge in [-0.2, -0.15) is 0 Å². The van der Waals surface area contributed by atoms with Gasteiger partial charge in [0.2, 0.25) is 0 Å². The minimum absolute atomic E-state index is 0.486. The van der Waals surface area contributed by atoms with E-state index < -0.39 is 0 Å². The van der Waals surface area contributed by atoms with Gasteiger partial charge in [0.15, 0.2) is 0 Å². The van der Waals surface area contributed by atoms with E-state index in [0.29, 0.717) is 6.04 Å². The van der Waals surface area contributed by atoms with Crippen LogP contribution in [-0.4, -0.2) is 6.04 Å². The topological polar surface area (TPSA) is 12.0 Å². The van der Waals surface area contributed by atoms with Crippen LogP contribution in [0.25, 0.3) is 0 Å². The second-order valence-electron chi connectivity index (χ2n) is 4.82. The first-order valence-corrected chi connectivity index (χ1v) is 8.90. The molecule has 0 fully saturated rings. The van der Waals surface area contributed by atoms with Crippen molar-refractivity contribution in [3.05, 3.63) is 57.0 Å². The maximum atomic E-state index is 3.61. The summed E-state index contributed by atoms with van der Waals surface area (Å²) < 4.78 is 2.24. The van der Waals surface area contributed by atoms with Crippen molar-refractivity contribution >= 4 is 43.6 Å². The molecular formula is C16H17Br2NS. The Morgan fingerprint density at radius 1 is 1.05 bits per heavy atom. The molecule has 0 heterocycles. The third kappa shape index (κ3) is 4.62. The largest absolute Gasteiger partial charge is 0.310 e. The fourth-order valence-electron chi connectivity index (χ4n) is 1.73. The van der Waals surface area contributed by atoms with Crippen LogP contribution < -0.4 is 5.32 Å². The third-order valence-electron chi connectivity index (χ3n) is 2.79. The molecule has 2 aromatic carbocycles. The molecule has 0 aliphatic carbocycles. The molecule has 0 bridgehead atoms. The summed E-state index contributed by atoms with van der Waals surface area (Å²) in [6.07, 6.45) is 0. The zero-order chi connectivity index (χ0) is 14.5. The fourth-order valence-corrected chi connectivity index (χ4v) is 3.78. The minimum Gasteiger partial charge on any atom is -0.310 e. The van der Waals surface area contributed by atoms with E-state index in [2.05, 4.69) is 87.4 Å². The highest BCUT2D eigenvalue weighted by atomic mass is 79.9. The first-order valence-electron chi connectivity index (χ1n) is 6.50. The maximum Gasteiger partial charge on any atom is 0.0314 e. The van der Waals surface area contributed by atoms with Gasteiger partial charge in [-0.3, -0.25) is 0 Å². The van der Waals surface area contributed by atoms with E-state index in [4.69, 9.17) is 0 Å². The van der Waals surface area contributed by atoms with E-state index >= 15 is 0 Å². The van der Waals surface area contributed by atoms with Gasteiger partial charge in [0, 0.05) is 31.3 Å². The Morgan fingerprint density at radius 2 is 1.80 bits per heavy atom. The lowest BCUT2D eigenvalue weighted by molar-refractivity contribution is 0.584. The maximum absolute atomic E-state index is 3.61. The number of halogens is 2. The lowest BCUT2D eigenvalue weighted by Crippen LogP contribution is -2.22. The van der Waals surface area contributed by atoms with E-state index in [-0.39, 0.29) is 0 Å². The predicted octanol–water partition coefficient (Wildman–Crippen LogP) is 5.86. The molecule has 1 N–H and O–H groups in total. The number of rotatable bonds is 5. The van der Waals surface area contributed by atoms with Gasteiger partial charge in [-0.25, -0.2) is 0 Å². The standard InChI is InChI=1S/C16H17Br2NS/c1-11(2)19-10-12-7-8-13(17)9-16(12)20-15-6-4-3-5-14(15)18/h3-9,11,19H,10H2,1-2H3. The summed E-state index contributed by atoms with van der Waals surface area (Å²) in [5.41, 5.74) is 1.32. The summed E-state index contributed by atoms with van der Waals surface area (Å²) in [5, 5.41) is 3.48. The smallest absolute Gasteiger partial charge is 0.0314 e. The van der Waals surface area contributed by atoms with Crippen molar-refractivity contribution < 1.29 is 0 Å². The summed E-state index contributed by atoms with van der Waals surface area (Å²) in [5.74, 6) is 0. The molecule has 2 rings (SSSR count). The molecule has 0 aliphatic rings. The van der Waals surface area contributed by atoms with Crippen LogP contribution in [0.5, 0.6) is 0 Å². The van der Waals surface area contributed by atoms with Gasteiger partial charge in [0.05, 0.1) is 0 Å². The molecule has 0 atom stereocenters. The molecule has 0 radical (unpaired) electrons. The second kappa shape index (κ2) is 7.64. The molecule has 2 aromatic rings. The molecule has 106 valence electrons. The van der Waals surface area contributed by atoms with Gasteiger partial charge in [-0.15, -0.1) is 0 Å². The highest BCUT2D eigenvalue weighted by Crippen LogP contribution is 2.36. The molecule has 0 unspecified atom stereocenters. The fraction of sp³-hybridized carbons (Fsp3) is 0.250. The van der Waals surface area contributed by atoms with Crippen LogP contribution in [0.4, 0.5) is 0 Å². The monoisotopic (exact) mass is 413 g/mol. The zero-order valence-corrected chi connectivity index (χ0v) is 15.5. The summed E-state index contributed by atoms with van der Waals surface area (Å²) in [6, 6.07) is 15.3. The number of hydrogen-bond donors (Lipinski definition) is 1. The lowest BCUT2D eigenvalue weighted by atomic mass is 10.2. The molecule has 0 amide bonds. The Bertz CT molecular complexity index is 584. The van der Waals surface area contributed by atoms with Crippen molar-refractivity contribution in [3.8, 4) is 0 Å². The highest BCUT2D eigenvalue weighted by molar-refractivity contribution is 9.10. The Morgan fingerprint density at radius 3 is 2.50 bits per heavy atom. The highest BCUT2D eigenvalue weighted by Gasteiger charge is 2.08. The average molecular weight is 415 g/mol. The van der Waals surface area contributed by atoms with Gasteiger partial charge < -0.3 is 5.32 Å². The Labute approximate surface area is 141 Å². The van der Waals surface area contributed by atoms with E-state index in [9.17, 15) is 0 Å². The molecule has 0 aliphatic heterocycles. The number of benzene rings is 2. The molecule has 0 aromatic heterocycles. The molecular weight excluding hydrogens is 398 g/mol. The van der Waals surface area contributed by atoms with Crippen LogP contribution in [0.3, 0.4) is 0 Å². The van der Waals surface area contributed by atoms with E-state index in [1.165, 1.54) is 15.4 Å². The molecule has 20 heavy (non-hydrogen) atoms. The SMILES string of the molecule is CC(C)NCc1ccc(Br)cc1Sc1ccccc1Br. The van der Waals surface area contributed by atoms with Crippen molar-refractivity contribution in [3.63, 3.8) is 0 Å². The lowest BCUT2D eigenvalue weighted by Gasteiger charge is -2.13. The van der Waals surface area contributed by atoms with Crippen LogP contribution in [0.2, 0.25) is 0 Å². The molecule has 0 saturated carbocycles. The Hall–Kier alpha value is -0.290. The molecule has 0 saturated heterocycles. The van der Waals surface area contributed by atoms with Crippen LogP contribution in [0, 0.1) is 0 Å². The van der Waals surface area contributed by atoms with Gasteiger partial charge in [0.25, 0.3) is 0 Å². The van der Waals surface area contributed by atoms with Crippen molar-refractivity contribution in [1.29, 1.82) is 0 Å². The Kier molecular flexibility index (Phi) is 6.15. The van der Waals surface area contributed by atoms with Crippen LogP contribution in [0.1, 0.15) is 19.4 Å². The predicted molar refractivity (Wildman–Crippen MR) is 94.4 cm³/mol. The van der Waals surface area contributed by atoms with Crippen LogP contribution >= 0.6 is 43.6 Å². The summed E-state index contributed by atoms with van der Waals surface area (Å²) >= 11 is 8.96. The number of hydrogen-bond acceptors (Lipinski definition) is 2. The van der Waals surface area contributed by atoms with E-state index in [1.807, 2.05) is 6.07 Å². The minimum atomic E-state index is 0.486. The second-order valence-corrected chi connectivity index (χ2v) is 7.67. The van der Waals surface area contributed by atoms with Gasteiger partial charge in [-0.05, 0) is 45.8 Å². The molecule has 4 heteroatoms. The first-order chi connectivity index (χ1) is 9.56. The van der Waals surface area contributed by atoms with Crippen molar-refractivity contribution in [2.75, 3.05) is 0 Å². The van der Waals surface area contributed by atoms with Crippen molar-refractivity contribution in [2.45, 2.75) is 36.2 Å². The summed E-state index contributed by atoms with van der Waals surface area (Å²) in [6.45, 7) is 5.22. The van der Waals surface area contributed by atoms with Crippen molar-refractivity contribution in [1.82, 2.24) is 5.32 Å². The third-order valence-corrected chi connectivity index (χ3v) is 5.41. The summed E-state index contributed by atoms with van der Waals surface area (Å²) in [7, 11) is 0. The first kappa shape index (κ1) is 16.1. The van der Waals surface area contributed by atoms with Gasteiger partial charge >= 0.3 is 0 Å². The average Bonchev–Trinajstić information content (AvgIpc) is 2.40. The van der Waals surface area contributed by atoms with Gasteiger partial charge in [0.1, 0.15) is 0 Å². The van der Waals surface area contributed by atoms with E-state index in [1.54, 1.807) is 11.8 Å². The normalized spacial score (nSPS) is 11.1. The summed E-state index contributed by atoms with van der Waals surface area (Å²) in [4.78, 5) is 2.51. The Balaban J connectivity index is 2.25. The number of nitrogens with one attached hydrogen (secondary N) is 1. The zero-order valence-electron chi connectivity index (χ0n) is 11.5. The van der Waals surface area contributed by atoms with Crippen LogP contribution in [-0.2, 0) is 6.54 Å². The van der Waals surface area contributed by atoms with Crippen LogP contribution in [0.15, 0.2) is 61.2 Å². The van der Waals surface area contributed by atoms with Crippen molar-refractivity contribution in [2.24, 2.45) is 0 Å². The molecule has 1 nitrogen and oxygen atoms in total.